The molecule has 0 atom stereocenters. The van der Waals surface area contributed by atoms with Gasteiger partial charge in [0.25, 0.3) is 0 Å². The smallest absolute Gasteiger partial charge is 0.148 e. The molecule has 1 aromatic rings. The summed E-state index contributed by atoms with van der Waals surface area (Å²) in [6, 6.07) is 5.14. The second-order valence-electron chi connectivity index (χ2n) is 4.00. The lowest BCUT2D eigenvalue weighted by molar-refractivity contribution is -0.123. The first-order chi connectivity index (χ1) is 7.63. The second kappa shape index (κ2) is 4.06. The highest BCUT2D eigenvalue weighted by molar-refractivity contribution is 6.13. The molecule has 4 nitrogen and oxygen atoms in total. The Balaban J connectivity index is 2.40. The summed E-state index contributed by atoms with van der Waals surface area (Å²) in [6.07, 6.45) is 0.718. The Morgan fingerprint density at radius 3 is 2.38 bits per heavy atom. The summed E-state index contributed by atoms with van der Waals surface area (Å²) in [5.41, 5.74) is 1.63. The average Bonchev–Trinajstić information content (AvgIpc) is 2.59. The fourth-order valence-corrected chi connectivity index (χ4v) is 2.11. The zero-order valence-corrected chi connectivity index (χ0v) is 9.03. The van der Waals surface area contributed by atoms with Crippen molar-refractivity contribution in [3.8, 4) is 5.75 Å². The van der Waals surface area contributed by atoms with Crippen LogP contribution in [0.3, 0.4) is 0 Å². The normalized spacial score (nSPS) is 16.9. The molecule has 0 aromatic heterocycles. The minimum atomic E-state index is -0.577. The summed E-state index contributed by atoms with van der Waals surface area (Å²) in [5.74, 6) is 5.01. The van der Waals surface area contributed by atoms with Gasteiger partial charge in [0.15, 0.2) is 0 Å². The van der Waals surface area contributed by atoms with Crippen molar-refractivity contribution in [1.82, 2.24) is 0 Å². The molecule has 1 aliphatic carbocycles. The van der Waals surface area contributed by atoms with Gasteiger partial charge >= 0.3 is 0 Å². The van der Waals surface area contributed by atoms with Crippen molar-refractivity contribution in [2.45, 2.75) is 25.7 Å². The van der Waals surface area contributed by atoms with Crippen molar-refractivity contribution >= 4 is 11.6 Å². The van der Waals surface area contributed by atoms with Crippen molar-refractivity contribution in [1.29, 1.82) is 0 Å². The highest BCUT2D eigenvalue weighted by Crippen LogP contribution is 2.31. The van der Waals surface area contributed by atoms with Crippen LogP contribution in [0.25, 0.3) is 0 Å². The molecular formula is C12H13NO3. The standard InChI is InChI=1S/C12H13NO3/c1-7-6-8(16-13)2-3-9(7)12-10(14)4-5-11(12)15/h2-3,6,12H,4-5,13H2,1H3. The molecule has 16 heavy (non-hydrogen) atoms. The largest absolute Gasteiger partial charge is 0.412 e. The molecule has 1 aromatic carbocycles. The molecule has 0 heterocycles. The molecule has 0 bridgehead atoms. The molecule has 1 saturated carbocycles. The van der Waals surface area contributed by atoms with E-state index in [0.717, 1.165) is 11.1 Å². The van der Waals surface area contributed by atoms with Gasteiger partial charge in [0, 0.05) is 12.8 Å². The Kier molecular flexibility index (Phi) is 2.75. The summed E-state index contributed by atoms with van der Waals surface area (Å²) in [7, 11) is 0. The Bertz CT molecular complexity index is 438. The average molecular weight is 219 g/mol. The van der Waals surface area contributed by atoms with Gasteiger partial charge in [-0.05, 0) is 30.2 Å². The monoisotopic (exact) mass is 219 g/mol. The lowest BCUT2D eigenvalue weighted by Crippen LogP contribution is -2.13. The van der Waals surface area contributed by atoms with E-state index in [9.17, 15) is 9.59 Å². The molecule has 0 amide bonds. The predicted molar refractivity (Wildman–Crippen MR) is 58.0 cm³/mol. The lowest BCUT2D eigenvalue weighted by atomic mass is 9.92. The maximum absolute atomic E-state index is 11.6. The van der Waals surface area contributed by atoms with E-state index in [4.69, 9.17) is 5.90 Å². The second-order valence-corrected chi connectivity index (χ2v) is 4.00. The van der Waals surface area contributed by atoms with Gasteiger partial charge in [-0.3, -0.25) is 9.59 Å². The van der Waals surface area contributed by atoms with Crippen molar-refractivity contribution < 1.29 is 14.4 Å². The number of hydrogen-bond acceptors (Lipinski definition) is 4. The fraction of sp³-hybridized carbons (Fsp3) is 0.333. The van der Waals surface area contributed by atoms with Gasteiger partial charge in [0.1, 0.15) is 23.2 Å². The maximum atomic E-state index is 11.6. The zero-order chi connectivity index (χ0) is 11.7. The van der Waals surface area contributed by atoms with Crippen LogP contribution in [0.2, 0.25) is 0 Å². The van der Waals surface area contributed by atoms with Crippen LogP contribution in [0, 0.1) is 6.92 Å². The van der Waals surface area contributed by atoms with Gasteiger partial charge in [-0.2, -0.15) is 5.90 Å². The molecule has 4 heteroatoms. The Hall–Kier alpha value is -1.68. The first-order valence-electron chi connectivity index (χ1n) is 5.16. The SMILES string of the molecule is Cc1cc(ON)ccc1C1C(=O)CCC1=O. The number of benzene rings is 1. The molecule has 2 rings (SSSR count). The molecular weight excluding hydrogens is 206 g/mol. The Labute approximate surface area is 93.3 Å². The van der Waals surface area contributed by atoms with Crippen LogP contribution in [0.4, 0.5) is 0 Å². The third-order valence-electron chi connectivity index (χ3n) is 2.95. The minimum Gasteiger partial charge on any atom is -0.412 e. The van der Waals surface area contributed by atoms with E-state index >= 15 is 0 Å². The molecule has 1 fully saturated rings. The summed E-state index contributed by atoms with van der Waals surface area (Å²) in [5, 5.41) is 0. The first-order valence-corrected chi connectivity index (χ1v) is 5.16. The molecule has 0 spiro atoms. The molecule has 0 saturated heterocycles. The van der Waals surface area contributed by atoms with E-state index in [0.29, 0.717) is 18.6 Å². The van der Waals surface area contributed by atoms with E-state index < -0.39 is 5.92 Å². The van der Waals surface area contributed by atoms with Crippen molar-refractivity contribution in [3.05, 3.63) is 29.3 Å². The molecule has 0 radical (unpaired) electrons. The van der Waals surface area contributed by atoms with Gasteiger partial charge in [0.2, 0.25) is 0 Å². The van der Waals surface area contributed by atoms with E-state index in [1.165, 1.54) is 0 Å². The van der Waals surface area contributed by atoms with Gasteiger partial charge < -0.3 is 4.84 Å². The van der Waals surface area contributed by atoms with Gasteiger partial charge in [-0.1, -0.05) is 6.07 Å². The van der Waals surface area contributed by atoms with Crippen LogP contribution in [0.1, 0.15) is 29.9 Å². The lowest BCUT2D eigenvalue weighted by Gasteiger charge is -2.11. The Morgan fingerprint density at radius 1 is 1.25 bits per heavy atom. The predicted octanol–water partition coefficient (Wildman–Crippen LogP) is 1.26. The van der Waals surface area contributed by atoms with Gasteiger partial charge in [0.05, 0.1) is 0 Å². The summed E-state index contributed by atoms with van der Waals surface area (Å²) in [4.78, 5) is 27.8. The Morgan fingerprint density at radius 2 is 1.88 bits per heavy atom. The summed E-state index contributed by atoms with van der Waals surface area (Å²) >= 11 is 0. The van der Waals surface area contributed by atoms with Crippen LogP contribution in [-0.2, 0) is 9.59 Å². The van der Waals surface area contributed by atoms with E-state index in [1.54, 1.807) is 18.2 Å². The van der Waals surface area contributed by atoms with Gasteiger partial charge in [-0.15, -0.1) is 0 Å². The van der Waals surface area contributed by atoms with Crippen molar-refractivity contribution in [3.63, 3.8) is 0 Å². The van der Waals surface area contributed by atoms with Crippen LogP contribution in [0.5, 0.6) is 5.75 Å². The summed E-state index contributed by atoms with van der Waals surface area (Å²) < 4.78 is 0. The molecule has 1 aliphatic rings. The molecule has 0 unspecified atom stereocenters. The zero-order valence-electron chi connectivity index (χ0n) is 9.03. The number of Topliss-reactive ketones (excluding diaryl/α,β-unsaturated/α-hetero) is 2. The van der Waals surface area contributed by atoms with Crippen LogP contribution in [-0.4, -0.2) is 11.6 Å². The highest BCUT2D eigenvalue weighted by Gasteiger charge is 2.34. The molecule has 2 N–H and O–H groups in total. The van der Waals surface area contributed by atoms with E-state index in [2.05, 4.69) is 4.84 Å². The van der Waals surface area contributed by atoms with E-state index in [1.807, 2.05) is 6.92 Å². The highest BCUT2D eigenvalue weighted by atomic mass is 16.6. The van der Waals surface area contributed by atoms with Crippen LogP contribution < -0.4 is 10.7 Å². The number of nitrogens with two attached hydrogens (primary N) is 1. The number of ketones is 2. The number of aryl methyl sites for hydroxylation is 1. The molecule has 84 valence electrons. The first kappa shape index (κ1) is 10.8. The van der Waals surface area contributed by atoms with Crippen LogP contribution in [0.15, 0.2) is 18.2 Å². The number of rotatable bonds is 2. The third-order valence-corrected chi connectivity index (χ3v) is 2.95. The maximum Gasteiger partial charge on any atom is 0.148 e. The fourth-order valence-electron chi connectivity index (χ4n) is 2.11. The number of carbonyl (C=O) groups is 2. The summed E-state index contributed by atoms with van der Waals surface area (Å²) in [6.45, 7) is 1.84. The quantitative estimate of drug-likeness (QED) is 0.600. The third kappa shape index (κ3) is 1.72. The van der Waals surface area contributed by atoms with Crippen molar-refractivity contribution in [2.24, 2.45) is 5.90 Å². The molecule has 0 aliphatic heterocycles. The van der Waals surface area contributed by atoms with E-state index in [-0.39, 0.29) is 11.6 Å². The van der Waals surface area contributed by atoms with Gasteiger partial charge in [-0.25, -0.2) is 0 Å². The minimum absolute atomic E-state index is 0.00881. The topological polar surface area (TPSA) is 69.4 Å². The number of hydrogen-bond donors (Lipinski definition) is 1. The number of carbonyl (C=O) groups excluding carboxylic acids is 2. The van der Waals surface area contributed by atoms with Crippen molar-refractivity contribution in [2.75, 3.05) is 0 Å². The van der Waals surface area contributed by atoms with Crippen LogP contribution >= 0.6 is 0 Å².